The zero-order valence-electron chi connectivity index (χ0n) is 12.3. The minimum Gasteiger partial charge on any atom is -0.427 e. The number of amides is 2. The molecule has 0 bridgehead atoms. The second-order valence-electron chi connectivity index (χ2n) is 5.39. The predicted molar refractivity (Wildman–Crippen MR) is 81.8 cm³/mol. The first-order chi connectivity index (χ1) is 10.9. The highest BCUT2D eigenvalue weighted by atomic mass is 35.5. The zero-order chi connectivity index (χ0) is 16.9. The molecule has 8 heteroatoms. The second kappa shape index (κ2) is 7.77. The molecule has 0 aromatic heterocycles. The van der Waals surface area contributed by atoms with Gasteiger partial charge in [0.05, 0.1) is 5.69 Å². The summed E-state index contributed by atoms with van der Waals surface area (Å²) in [6.45, 7) is 0. The number of para-hydroxylation sites is 2. The third-order valence-electron chi connectivity index (χ3n) is 3.58. The highest BCUT2D eigenvalue weighted by Gasteiger charge is 2.42. The number of halogens is 4. The van der Waals surface area contributed by atoms with E-state index in [0.29, 0.717) is 0 Å². The number of urea groups is 1. The molecule has 1 aromatic rings. The third-order valence-corrected chi connectivity index (χ3v) is 3.83. The van der Waals surface area contributed by atoms with Crippen molar-refractivity contribution >= 4 is 23.3 Å². The van der Waals surface area contributed by atoms with Gasteiger partial charge in [-0.05, 0) is 25.0 Å². The number of carbonyl (C=O) groups is 1. The molecule has 0 saturated heterocycles. The van der Waals surface area contributed by atoms with E-state index in [1.165, 1.54) is 24.3 Å². The maximum Gasteiger partial charge on any atom is 0.444 e. The van der Waals surface area contributed by atoms with E-state index in [4.69, 9.17) is 11.6 Å². The van der Waals surface area contributed by atoms with Crippen molar-refractivity contribution in [1.29, 1.82) is 0 Å². The van der Waals surface area contributed by atoms with Crippen LogP contribution in [0.5, 0.6) is 5.75 Å². The lowest BCUT2D eigenvalue weighted by molar-refractivity contribution is -0.198. The van der Waals surface area contributed by atoms with Crippen LogP contribution in [0.25, 0.3) is 0 Å². The summed E-state index contributed by atoms with van der Waals surface area (Å²) in [4.78, 5) is 12.0. The number of carbonyl (C=O) groups excluding carboxylic acids is 1. The Bertz CT molecular complexity index is 537. The Labute approximate surface area is 137 Å². The summed E-state index contributed by atoms with van der Waals surface area (Å²) in [7, 11) is 0. The number of hydrogen-bond acceptors (Lipinski definition) is 2. The number of benzene rings is 1. The lowest BCUT2D eigenvalue weighted by Gasteiger charge is -2.24. The highest BCUT2D eigenvalue weighted by Crippen LogP contribution is 2.33. The molecule has 1 fully saturated rings. The van der Waals surface area contributed by atoms with Gasteiger partial charge in [-0.25, -0.2) is 9.18 Å². The van der Waals surface area contributed by atoms with Crippen molar-refractivity contribution in [2.75, 3.05) is 5.32 Å². The normalized spacial score (nSPS) is 17.4. The van der Waals surface area contributed by atoms with Crippen LogP contribution >= 0.6 is 11.6 Å². The largest absolute Gasteiger partial charge is 0.444 e. The summed E-state index contributed by atoms with van der Waals surface area (Å²) in [5, 5.41) is 5.23. The van der Waals surface area contributed by atoms with Crippen molar-refractivity contribution < 1.29 is 22.7 Å². The fraction of sp³-hybridized carbons (Fsp3) is 0.533. The van der Waals surface area contributed by atoms with Crippen molar-refractivity contribution in [3.63, 3.8) is 0 Å². The number of ether oxygens (including phenoxy) is 1. The monoisotopic (exact) mass is 350 g/mol. The van der Waals surface area contributed by atoms with Crippen LogP contribution in [0.15, 0.2) is 24.3 Å². The molecule has 128 valence electrons. The topological polar surface area (TPSA) is 50.4 Å². The number of alkyl halides is 4. The predicted octanol–water partition coefficient (Wildman–Crippen LogP) is 4.65. The molecule has 0 spiro atoms. The van der Waals surface area contributed by atoms with E-state index in [1.54, 1.807) is 0 Å². The molecular formula is C15H18ClF3N2O2. The van der Waals surface area contributed by atoms with Gasteiger partial charge in [0.25, 0.3) is 5.63 Å². The Balaban J connectivity index is 2.00. The molecule has 2 N–H and O–H groups in total. The molecule has 1 atom stereocenters. The quantitative estimate of drug-likeness (QED) is 0.760. The SMILES string of the molecule is O=C(Nc1ccccc1OC(F)(F)C(F)Cl)NC1CCCCC1. The molecule has 23 heavy (non-hydrogen) atoms. The first-order valence-corrected chi connectivity index (χ1v) is 7.83. The molecule has 2 amide bonds. The van der Waals surface area contributed by atoms with Crippen LogP contribution in [-0.2, 0) is 0 Å². The van der Waals surface area contributed by atoms with Gasteiger partial charge in [0.15, 0.2) is 0 Å². The number of anilines is 1. The molecule has 0 aliphatic heterocycles. The molecule has 1 unspecified atom stereocenters. The second-order valence-corrected chi connectivity index (χ2v) is 5.78. The average molecular weight is 351 g/mol. The highest BCUT2D eigenvalue weighted by molar-refractivity contribution is 6.20. The van der Waals surface area contributed by atoms with Crippen LogP contribution in [0.1, 0.15) is 32.1 Å². The Morgan fingerprint density at radius 2 is 1.91 bits per heavy atom. The van der Waals surface area contributed by atoms with Gasteiger partial charge in [0.1, 0.15) is 5.75 Å². The fourth-order valence-electron chi connectivity index (χ4n) is 2.44. The maximum absolute atomic E-state index is 13.3. The molecule has 1 aromatic carbocycles. The van der Waals surface area contributed by atoms with Crippen LogP contribution < -0.4 is 15.4 Å². The fourth-order valence-corrected chi connectivity index (χ4v) is 2.49. The van der Waals surface area contributed by atoms with Gasteiger partial charge in [-0.15, -0.1) is 0 Å². The van der Waals surface area contributed by atoms with Crippen LogP contribution in [0.4, 0.5) is 23.7 Å². The van der Waals surface area contributed by atoms with Crippen LogP contribution in [0.2, 0.25) is 0 Å². The molecule has 1 aliphatic carbocycles. The molecule has 0 heterocycles. The molecule has 0 radical (unpaired) electrons. The van der Waals surface area contributed by atoms with E-state index in [-0.39, 0.29) is 17.5 Å². The number of hydrogen-bond donors (Lipinski definition) is 2. The van der Waals surface area contributed by atoms with Crippen molar-refractivity contribution in [1.82, 2.24) is 5.32 Å². The minimum atomic E-state index is -4.20. The molecule has 2 rings (SSSR count). The summed E-state index contributed by atoms with van der Waals surface area (Å²) in [6, 6.07) is 5.10. The lowest BCUT2D eigenvalue weighted by Crippen LogP contribution is -2.39. The number of rotatable bonds is 5. The van der Waals surface area contributed by atoms with E-state index >= 15 is 0 Å². The summed E-state index contributed by atoms with van der Waals surface area (Å²) >= 11 is 4.76. The smallest absolute Gasteiger partial charge is 0.427 e. The number of nitrogens with one attached hydrogen (secondary N) is 2. The van der Waals surface area contributed by atoms with E-state index in [0.717, 1.165) is 32.1 Å². The van der Waals surface area contributed by atoms with E-state index in [9.17, 15) is 18.0 Å². The third kappa shape index (κ3) is 5.20. The summed E-state index contributed by atoms with van der Waals surface area (Å²) in [5.41, 5.74) is -2.98. The summed E-state index contributed by atoms with van der Waals surface area (Å²) in [6.07, 6.45) is 0.821. The first kappa shape index (κ1) is 17.7. The minimum absolute atomic E-state index is 0.0119. The van der Waals surface area contributed by atoms with Crippen molar-refractivity contribution in [2.45, 2.75) is 49.9 Å². The van der Waals surface area contributed by atoms with Gasteiger partial charge >= 0.3 is 12.1 Å². The zero-order valence-corrected chi connectivity index (χ0v) is 13.1. The Morgan fingerprint density at radius 3 is 2.57 bits per heavy atom. The Morgan fingerprint density at radius 1 is 1.26 bits per heavy atom. The molecule has 4 nitrogen and oxygen atoms in total. The Kier molecular flexibility index (Phi) is 5.98. The van der Waals surface area contributed by atoms with Gasteiger partial charge < -0.3 is 15.4 Å². The van der Waals surface area contributed by atoms with Crippen LogP contribution in [-0.4, -0.2) is 23.8 Å². The van der Waals surface area contributed by atoms with Crippen LogP contribution in [0, 0.1) is 0 Å². The standard InChI is InChI=1S/C15H18ClF3N2O2/c16-13(17)15(18,19)23-12-9-5-4-8-11(12)21-14(22)20-10-6-2-1-3-7-10/h4-5,8-10,13H,1-3,6-7H2,(H2,20,21,22). The van der Waals surface area contributed by atoms with Gasteiger partial charge in [-0.1, -0.05) is 43.0 Å². The van der Waals surface area contributed by atoms with Crippen molar-refractivity contribution in [3.8, 4) is 5.75 Å². The molecular weight excluding hydrogens is 333 g/mol. The van der Waals surface area contributed by atoms with Crippen molar-refractivity contribution in [3.05, 3.63) is 24.3 Å². The van der Waals surface area contributed by atoms with Crippen molar-refractivity contribution in [2.24, 2.45) is 0 Å². The van der Waals surface area contributed by atoms with Gasteiger partial charge in [0.2, 0.25) is 0 Å². The van der Waals surface area contributed by atoms with E-state index in [1.807, 2.05) is 0 Å². The molecule has 1 saturated carbocycles. The van der Waals surface area contributed by atoms with E-state index < -0.39 is 17.8 Å². The molecule has 1 aliphatic rings. The van der Waals surface area contributed by atoms with Gasteiger partial charge in [-0.3, -0.25) is 0 Å². The lowest BCUT2D eigenvalue weighted by atomic mass is 9.96. The Hall–Kier alpha value is -1.63. The summed E-state index contributed by atoms with van der Waals surface area (Å²) in [5.74, 6) is -0.361. The summed E-state index contributed by atoms with van der Waals surface area (Å²) < 4.78 is 43.5. The van der Waals surface area contributed by atoms with Gasteiger partial charge in [-0.2, -0.15) is 8.78 Å². The van der Waals surface area contributed by atoms with E-state index in [2.05, 4.69) is 15.4 Å². The average Bonchev–Trinajstić information content (AvgIpc) is 2.50. The maximum atomic E-state index is 13.3. The van der Waals surface area contributed by atoms with Crippen LogP contribution in [0.3, 0.4) is 0 Å². The van der Waals surface area contributed by atoms with Gasteiger partial charge in [0, 0.05) is 6.04 Å². The first-order valence-electron chi connectivity index (χ1n) is 7.40.